The van der Waals surface area contributed by atoms with E-state index < -0.39 is 39.2 Å². The quantitative estimate of drug-likeness (QED) is 0.746. The number of carbonyl (C=O) groups excluding carboxylic acids is 2. The molecule has 0 spiro atoms. The van der Waals surface area contributed by atoms with Crippen molar-refractivity contribution in [2.24, 2.45) is 17.3 Å². The summed E-state index contributed by atoms with van der Waals surface area (Å²) in [4.78, 5) is 24.7. The number of anilines is 1. The van der Waals surface area contributed by atoms with Crippen LogP contribution in [-0.4, -0.2) is 44.8 Å². The van der Waals surface area contributed by atoms with Crippen molar-refractivity contribution in [3.05, 3.63) is 24.3 Å². The fourth-order valence-corrected chi connectivity index (χ4v) is 5.43. The number of piperidine rings is 1. The minimum atomic E-state index is -3.64. The molecule has 150 valence electrons. The lowest BCUT2D eigenvalue weighted by atomic mass is 10.0. The summed E-state index contributed by atoms with van der Waals surface area (Å²) in [6.45, 7) is 2.60. The van der Waals surface area contributed by atoms with Crippen LogP contribution in [0, 0.1) is 28.6 Å². The molecule has 3 atom stereocenters. The van der Waals surface area contributed by atoms with Gasteiger partial charge in [-0.1, -0.05) is 19.4 Å². The Hall–Kier alpha value is -2.44. The molecule has 2 aliphatic rings. The summed E-state index contributed by atoms with van der Waals surface area (Å²) in [5.41, 5.74) is -1.24. The van der Waals surface area contributed by atoms with Crippen molar-refractivity contribution in [2.45, 2.75) is 31.1 Å². The second kappa shape index (κ2) is 7.53. The van der Waals surface area contributed by atoms with Crippen LogP contribution in [0.15, 0.2) is 29.2 Å². The first kappa shape index (κ1) is 20.3. The molecule has 9 heteroatoms. The number of benzene rings is 1. The van der Waals surface area contributed by atoms with E-state index in [4.69, 9.17) is 0 Å². The molecule has 3 rings (SSSR count). The van der Waals surface area contributed by atoms with Gasteiger partial charge in [-0.25, -0.2) is 8.42 Å². The van der Waals surface area contributed by atoms with Crippen LogP contribution in [0.3, 0.4) is 0 Å². The Balaban J connectivity index is 1.81. The molecule has 1 saturated carbocycles. The van der Waals surface area contributed by atoms with Gasteiger partial charge in [0, 0.05) is 18.8 Å². The fourth-order valence-electron chi connectivity index (χ4n) is 3.87. The molecular formula is C19H23N3O5S. The number of carbonyl (C=O) groups is 2. The van der Waals surface area contributed by atoms with Gasteiger partial charge in [0.05, 0.1) is 24.0 Å². The number of sulfonamides is 1. The number of methoxy groups -OCH3 is 1. The van der Waals surface area contributed by atoms with Crippen LogP contribution in [0.25, 0.3) is 0 Å². The second-order valence-corrected chi connectivity index (χ2v) is 9.15. The maximum Gasteiger partial charge on any atom is 0.311 e. The normalized spacial score (nSPS) is 27.5. The number of esters is 1. The summed E-state index contributed by atoms with van der Waals surface area (Å²) in [7, 11) is -2.43. The molecule has 1 aliphatic heterocycles. The molecule has 1 aliphatic carbocycles. The van der Waals surface area contributed by atoms with E-state index in [1.807, 2.05) is 6.07 Å². The van der Waals surface area contributed by atoms with Crippen LogP contribution < -0.4 is 5.32 Å². The Morgan fingerprint density at radius 2 is 1.96 bits per heavy atom. The fraction of sp³-hybridized carbons (Fsp3) is 0.526. The number of nitrogens with one attached hydrogen (secondary N) is 1. The van der Waals surface area contributed by atoms with E-state index in [2.05, 4.69) is 10.1 Å². The van der Waals surface area contributed by atoms with Gasteiger partial charge in [-0.05, 0) is 37.0 Å². The number of nitriles is 1. The molecule has 0 radical (unpaired) electrons. The molecule has 8 nitrogen and oxygen atoms in total. The molecule has 1 amide bonds. The van der Waals surface area contributed by atoms with E-state index in [1.165, 1.54) is 23.5 Å². The van der Waals surface area contributed by atoms with E-state index in [0.29, 0.717) is 13.1 Å². The lowest BCUT2D eigenvalue weighted by Crippen LogP contribution is -2.35. The van der Waals surface area contributed by atoms with Gasteiger partial charge in [-0.2, -0.15) is 9.57 Å². The minimum absolute atomic E-state index is 0.0894. The molecule has 28 heavy (non-hydrogen) atoms. The monoisotopic (exact) mass is 405 g/mol. The molecule has 1 aromatic carbocycles. The molecule has 2 fully saturated rings. The first-order valence-electron chi connectivity index (χ1n) is 9.19. The SMILES string of the molecule is COC(=O)[C@H]1[C@H](C)[C@]1(C#N)C(=O)Nc1cccc(S(=O)(=O)N2CCCCC2)c1. The van der Waals surface area contributed by atoms with Crippen LogP contribution in [-0.2, 0) is 24.3 Å². The number of rotatable bonds is 5. The van der Waals surface area contributed by atoms with E-state index in [0.717, 1.165) is 19.3 Å². The van der Waals surface area contributed by atoms with E-state index in [1.54, 1.807) is 19.1 Å². The number of nitrogens with zero attached hydrogens (tertiary/aromatic N) is 2. The van der Waals surface area contributed by atoms with Crippen LogP contribution in [0.5, 0.6) is 0 Å². The summed E-state index contributed by atoms with van der Waals surface area (Å²) in [5.74, 6) is -2.55. The zero-order valence-corrected chi connectivity index (χ0v) is 16.7. The molecule has 1 heterocycles. The van der Waals surface area contributed by atoms with Crippen molar-refractivity contribution in [1.29, 1.82) is 5.26 Å². The summed E-state index contributed by atoms with van der Waals surface area (Å²) < 4.78 is 31.8. The average molecular weight is 405 g/mol. The first-order valence-corrected chi connectivity index (χ1v) is 10.6. The van der Waals surface area contributed by atoms with Crippen molar-refractivity contribution >= 4 is 27.6 Å². The number of hydrogen-bond donors (Lipinski definition) is 1. The highest BCUT2D eigenvalue weighted by atomic mass is 32.2. The van der Waals surface area contributed by atoms with E-state index in [9.17, 15) is 23.3 Å². The van der Waals surface area contributed by atoms with Crippen LogP contribution >= 0.6 is 0 Å². The Kier molecular flexibility index (Phi) is 5.46. The zero-order chi connectivity index (χ0) is 20.5. The molecule has 0 bridgehead atoms. The number of amides is 1. The third kappa shape index (κ3) is 3.27. The third-order valence-electron chi connectivity index (χ3n) is 5.66. The molecule has 1 aromatic rings. The lowest BCUT2D eigenvalue weighted by Gasteiger charge is -2.26. The summed E-state index contributed by atoms with van der Waals surface area (Å²) >= 11 is 0. The highest BCUT2D eigenvalue weighted by Gasteiger charge is 2.72. The van der Waals surface area contributed by atoms with Crippen LogP contribution in [0.1, 0.15) is 26.2 Å². The average Bonchev–Trinajstić information content (AvgIpc) is 3.33. The van der Waals surface area contributed by atoms with Crippen molar-refractivity contribution in [2.75, 3.05) is 25.5 Å². The zero-order valence-electron chi connectivity index (χ0n) is 15.8. The van der Waals surface area contributed by atoms with Crippen molar-refractivity contribution in [1.82, 2.24) is 4.31 Å². The Labute approximate surface area is 164 Å². The number of ether oxygens (including phenoxy) is 1. The maximum absolute atomic E-state index is 12.8. The molecule has 0 aromatic heterocycles. The smallest absolute Gasteiger partial charge is 0.311 e. The second-order valence-electron chi connectivity index (χ2n) is 7.22. The maximum atomic E-state index is 12.8. The molecular weight excluding hydrogens is 382 g/mol. The third-order valence-corrected chi connectivity index (χ3v) is 7.55. The van der Waals surface area contributed by atoms with Crippen molar-refractivity contribution < 1.29 is 22.7 Å². The summed E-state index contributed by atoms with van der Waals surface area (Å²) in [6, 6.07) is 7.90. The standard InChI is InChI=1S/C19H23N3O5S/c1-13-16(17(23)27-2)19(13,12-20)18(24)21-14-7-6-8-15(11-14)28(25,26)22-9-4-3-5-10-22/h6-8,11,13,16H,3-5,9-10H2,1-2H3,(H,21,24)/t13-,16+,19-/m0/s1. The van der Waals surface area contributed by atoms with Gasteiger partial charge < -0.3 is 10.1 Å². The molecule has 1 saturated heterocycles. The number of hydrogen-bond acceptors (Lipinski definition) is 6. The van der Waals surface area contributed by atoms with E-state index >= 15 is 0 Å². The highest BCUT2D eigenvalue weighted by Crippen LogP contribution is 2.59. The highest BCUT2D eigenvalue weighted by molar-refractivity contribution is 7.89. The largest absolute Gasteiger partial charge is 0.469 e. The van der Waals surface area contributed by atoms with Gasteiger partial charge in [0.1, 0.15) is 0 Å². The lowest BCUT2D eigenvalue weighted by molar-refractivity contribution is -0.144. The van der Waals surface area contributed by atoms with Gasteiger partial charge in [-0.3, -0.25) is 9.59 Å². The van der Waals surface area contributed by atoms with Crippen LogP contribution in [0.4, 0.5) is 5.69 Å². The van der Waals surface area contributed by atoms with Gasteiger partial charge >= 0.3 is 5.97 Å². The minimum Gasteiger partial charge on any atom is -0.469 e. The van der Waals surface area contributed by atoms with E-state index in [-0.39, 0.29) is 10.6 Å². The predicted molar refractivity (Wildman–Crippen MR) is 100 cm³/mol. The Morgan fingerprint density at radius 3 is 2.57 bits per heavy atom. The van der Waals surface area contributed by atoms with Crippen molar-refractivity contribution in [3.8, 4) is 6.07 Å². The van der Waals surface area contributed by atoms with Crippen molar-refractivity contribution in [3.63, 3.8) is 0 Å². The summed E-state index contributed by atoms with van der Waals surface area (Å²) in [6.07, 6.45) is 2.66. The predicted octanol–water partition coefficient (Wildman–Crippen LogP) is 1.75. The van der Waals surface area contributed by atoms with Gasteiger partial charge in [-0.15, -0.1) is 0 Å². The first-order chi connectivity index (χ1) is 13.3. The molecule has 0 unspecified atom stereocenters. The van der Waals surface area contributed by atoms with Crippen LogP contribution in [0.2, 0.25) is 0 Å². The molecule has 1 N–H and O–H groups in total. The Morgan fingerprint density at radius 1 is 1.29 bits per heavy atom. The Bertz CT molecular complexity index is 933. The van der Waals surface area contributed by atoms with Gasteiger partial charge in [0.25, 0.3) is 0 Å². The van der Waals surface area contributed by atoms with Gasteiger partial charge in [0.15, 0.2) is 5.41 Å². The topological polar surface area (TPSA) is 117 Å². The summed E-state index contributed by atoms with van der Waals surface area (Å²) in [5, 5.41) is 12.1. The van der Waals surface area contributed by atoms with Gasteiger partial charge in [0.2, 0.25) is 15.9 Å².